The summed E-state index contributed by atoms with van der Waals surface area (Å²) in [6, 6.07) is 8.33. The van der Waals surface area contributed by atoms with E-state index in [1.807, 2.05) is 0 Å². The number of pyridine rings is 1. The van der Waals surface area contributed by atoms with E-state index in [9.17, 15) is 17.6 Å². The number of aromatic nitrogens is 1. The highest BCUT2D eigenvalue weighted by atomic mass is 32.2. The lowest BCUT2D eigenvalue weighted by Crippen LogP contribution is -2.50. The average molecular weight is 432 g/mol. The fraction of sp³-hybridized carbons (Fsp3) is 0.350. The maximum Gasteiger partial charge on any atom is 0.269 e. The van der Waals surface area contributed by atoms with Crippen LogP contribution in [0.4, 0.5) is 4.39 Å². The van der Waals surface area contributed by atoms with Crippen molar-refractivity contribution in [3.63, 3.8) is 0 Å². The number of sulfonamides is 1. The first-order chi connectivity index (χ1) is 14.4. The molecule has 2 aromatic rings. The maximum absolute atomic E-state index is 13.2. The zero-order valence-electron chi connectivity index (χ0n) is 16.1. The molecule has 0 radical (unpaired) electrons. The van der Waals surface area contributed by atoms with E-state index < -0.39 is 21.4 Å². The molecular weight excluding hydrogens is 411 g/mol. The Hall–Kier alpha value is -2.85. The fourth-order valence-electron chi connectivity index (χ4n) is 3.67. The van der Waals surface area contributed by atoms with Gasteiger partial charge in [0, 0.05) is 31.9 Å². The summed E-state index contributed by atoms with van der Waals surface area (Å²) in [5.41, 5.74) is 0.279. The molecule has 1 aromatic heterocycles. The van der Waals surface area contributed by atoms with Crippen LogP contribution in [0.3, 0.4) is 0 Å². The first-order valence-electron chi connectivity index (χ1n) is 9.56. The minimum atomic E-state index is -3.80. The van der Waals surface area contributed by atoms with Crippen LogP contribution in [0.25, 0.3) is 0 Å². The molecule has 1 spiro atoms. The third-order valence-corrected chi connectivity index (χ3v) is 7.12. The molecule has 10 heteroatoms. The van der Waals surface area contributed by atoms with Gasteiger partial charge in [-0.1, -0.05) is 5.16 Å². The van der Waals surface area contributed by atoms with Crippen molar-refractivity contribution in [3.8, 4) is 0 Å². The molecule has 1 amide bonds. The molecule has 1 N–H and O–H groups in total. The van der Waals surface area contributed by atoms with Crippen molar-refractivity contribution in [2.75, 3.05) is 13.1 Å². The predicted octanol–water partition coefficient (Wildman–Crippen LogP) is 1.84. The van der Waals surface area contributed by atoms with E-state index in [4.69, 9.17) is 4.84 Å². The van der Waals surface area contributed by atoms with E-state index in [1.165, 1.54) is 16.4 Å². The van der Waals surface area contributed by atoms with Gasteiger partial charge in [-0.25, -0.2) is 12.8 Å². The van der Waals surface area contributed by atoms with E-state index >= 15 is 0 Å². The molecule has 158 valence electrons. The predicted molar refractivity (Wildman–Crippen MR) is 106 cm³/mol. The number of carbonyl (C=O) groups excluding carboxylic acids is 1. The Balaban J connectivity index is 1.41. The van der Waals surface area contributed by atoms with Gasteiger partial charge in [0.25, 0.3) is 5.91 Å². The Morgan fingerprint density at radius 3 is 2.67 bits per heavy atom. The molecule has 4 rings (SSSR count). The van der Waals surface area contributed by atoms with Crippen LogP contribution in [0, 0.1) is 5.82 Å². The molecule has 1 fully saturated rings. The molecule has 8 nitrogen and oxygen atoms in total. The van der Waals surface area contributed by atoms with Crippen LogP contribution < -0.4 is 5.32 Å². The van der Waals surface area contributed by atoms with Gasteiger partial charge in [0.2, 0.25) is 10.0 Å². The van der Waals surface area contributed by atoms with Gasteiger partial charge in [0.05, 0.1) is 11.4 Å². The molecule has 1 unspecified atom stereocenters. The zero-order valence-corrected chi connectivity index (χ0v) is 16.9. The monoisotopic (exact) mass is 432 g/mol. The summed E-state index contributed by atoms with van der Waals surface area (Å²) in [5, 5.41) is 6.74. The van der Waals surface area contributed by atoms with Crippen LogP contribution in [0.5, 0.6) is 0 Å². The first kappa shape index (κ1) is 20.4. The number of benzene rings is 1. The molecule has 0 bridgehead atoms. The highest BCUT2D eigenvalue weighted by Crippen LogP contribution is 2.35. The van der Waals surface area contributed by atoms with Crippen molar-refractivity contribution in [1.82, 2.24) is 14.6 Å². The Labute approximate surface area is 173 Å². The molecule has 2 aliphatic heterocycles. The second-order valence-corrected chi connectivity index (χ2v) is 9.36. The minimum absolute atomic E-state index is 0.0233. The quantitative estimate of drug-likeness (QED) is 0.777. The van der Waals surface area contributed by atoms with Gasteiger partial charge in [-0.2, -0.15) is 4.31 Å². The molecule has 1 saturated heterocycles. The molecule has 0 aliphatic carbocycles. The van der Waals surface area contributed by atoms with Crippen molar-refractivity contribution in [2.24, 2.45) is 5.16 Å². The highest BCUT2D eigenvalue weighted by molar-refractivity contribution is 7.89. The number of oxime groups is 1. The van der Waals surface area contributed by atoms with E-state index in [-0.39, 0.29) is 29.5 Å². The number of hydrogen-bond acceptors (Lipinski definition) is 6. The number of nitrogens with zero attached hydrogens (tertiary/aromatic N) is 3. The van der Waals surface area contributed by atoms with Crippen LogP contribution in [0.2, 0.25) is 0 Å². The van der Waals surface area contributed by atoms with Crippen LogP contribution in [0.15, 0.2) is 58.8 Å². The number of amides is 1. The summed E-state index contributed by atoms with van der Waals surface area (Å²) in [7, 11) is -3.80. The third-order valence-electron chi connectivity index (χ3n) is 5.26. The number of halogens is 1. The first-order valence-corrected chi connectivity index (χ1v) is 11.0. The van der Waals surface area contributed by atoms with Gasteiger partial charge in [0.1, 0.15) is 11.5 Å². The number of rotatable bonds is 5. The molecule has 0 saturated carbocycles. The Bertz CT molecular complexity index is 1060. The lowest BCUT2D eigenvalue weighted by molar-refractivity contribution is -0.115. The summed E-state index contributed by atoms with van der Waals surface area (Å²) >= 11 is 0. The van der Waals surface area contributed by atoms with Gasteiger partial charge in [-0.15, -0.1) is 0 Å². The zero-order chi connectivity index (χ0) is 21.2. The fourth-order valence-corrected chi connectivity index (χ4v) is 5.22. The van der Waals surface area contributed by atoms with Gasteiger partial charge < -0.3 is 10.2 Å². The largest absolute Gasteiger partial charge is 0.387 e. The number of carbonyl (C=O) groups is 1. The summed E-state index contributed by atoms with van der Waals surface area (Å²) in [6.45, 7) is 0.740. The smallest absolute Gasteiger partial charge is 0.269 e. The molecule has 2 aliphatic rings. The molecular formula is C20H21FN4O4S. The summed E-state index contributed by atoms with van der Waals surface area (Å²) < 4.78 is 40.4. The minimum Gasteiger partial charge on any atom is -0.387 e. The Morgan fingerprint density at radius 2 is 1.93 bits per heavy atom. The summed E-state index contributed by atoms with van der Waals surface area (Å²) in [4.78, 5) is 22.0. The third kappa shape index (κ3) is 4.19. The van der Waals surface area contributed by atoms with Gasteiger partial charge >= 0.3 is 0 Å². The number of piperidine rings is 1. The maximum atomic E-state index is 13.2. The average Bonchev–Trinajstić information content (AvgIpc) is 3.16. The van der Waals surface area contributed by atoms with Crippen LogP contribution in [-0.2, 0) is 26.2 Å². The topological polar surface area (TPSA) is 101 Å². The molecule has 1 aromatic carbocycles. The molecule has 3 heterocycles. The molecule has 30 heavy (non-hydrogen) atoms. The van der Waals surface area contributed by atoms with Crippen LogP contribution in [-0.4, -0.2) is 48.0 Å². The van der Waals surface area contributed by atoms with Crippen molar-refractivity contribution >= 4 is 21.6 Å². The lowest BCUT2D eigenvalue weighted by atomic mass is 9.89. The van der Waals surface area contributed by atoms with E-state index in [2.05, 4.69) is 15.5 Å². The van der Waals surface area contributed by atoms with Crippen molar-refractivity contribution in [3.05, 3.63) is 60.2 Å². The summed E-state index contributed by atoms with van der Waals surface area (Å²) in [5.74, 6) is -0.846. The van der Waals surface area contributed by atoms with Gasteiger partial charge in [0.15, 0.2) is 5.60 Å². The lowest BCUT2D eigenvalue weighted by Gasteiger charge is -2.37. The second-order valence-electron chi connectivity index (χ2n) is 7.42. The van der Waals surface area contributed by atoms with Crippen molar-refractivity contribution in [1.29, 1.82) is 0 Å². The second kappa shape index (κ2) is 8.11. The Morgan fingerprint density at radius 1 is 1.20 bits per heavy atom. The van der Waals surface area contributed by atoms with Crippen molar-refractivity contribution < 1.29 is 22.4 Å². The molecule has 1 atom stereocenters. The number of nitrogens with one attached hydrogen (secondary N) is 1. The van der Waals surface area contributed by atoms with Crippen molar-refractivity contribution in [2.45, 2.75) is 36.3 Å². The van der Waals surface area contributed by atoms with E-state index in [1.54, 1.807) is 24.5 Å². The normalized spacial score (nSPS) is 21.8. The SMILES string of the molecule is O=C(NCc1ccncc1)C1=NOC2(CCCN(S(=O)(=O)c3ccc(F)cc3)C2)C1. The summed E-state index contributed by atoms with van der Waals surface area (Å²) in [6.07, 6.45) is 4.68. The van der Waals surface area contributed by atoms with Crippen LogP contribution in [0.1, 0.15) is 24.8 Å². The van der Waals surface area contributed by atoms with Gasteiger partial charge in [-0.3, -0.25) is 9.78 Å². The number of hydrogen-bond donors (Lipinski definition) is 1. The van der Waals surface area contributed by atoms with E-state index in [0.29, 0.717) is 25.9 Å². The van der Waals surface area contributed by atoms with Gasteiger partial charge in [-0.05, 0) is 54.8 Å². The highest BCUT2D eigenvalue weighted by Gasteiger charge is 2.47. The van der Waals surface area contributed by atoms with Crippen LogP contribution >= 0.6 is 0 Å². The van der Waals surface area contributed by atoms with E-state index in [0.717, 1.165) is 17.7 Å². The Kier molecular flexibility index (Phi) is 5.52. The standard InChI is InChI=1S/C20H21FN4O4S/c21-16-2-4-17(5-3-16)30(27,28)25-11-1-8-20(14-25)12-18(24-29-20)19(26)23-13-15-6-9-22-10-7-15/h2-7,9-10H,1,8,11-14H2,(H,23,26).